The van der Waals surface area contributed by atoms with E-state index in [2.05, 4.69) is 71.6 Å². The molecule has 19 heavy (non-hydrogen) atoms. The molecule has 0 aromatic rings. The minimum absolute atomic E-state index is 1.23. The van der Waals surface area contributed by atoms with Gasteiger partial charge in [-0.15, -0.1) is 0 Å². The van der Waals surface area contributed by atoms with E-state index in [0.717, 1.165) is 0 Å². The molecule has 0 saturated heterocycles. The molecular weight excluding hydrogens is 313 g/mol. The van der Waals surface area contributed by atoms with E-state index in [1.165, 1.54) is 18.4 Å². The summed E-state index contributed by atoms with van der Waals surface area (Å²) in [7, 11) is 13.6. The molecule has 1 aliphatic carbocycles. The van der Waals surface area contributed by atoms with Gasteiger partial charge in [0.05, 0.1) is 0 Å². The van der Waals surface area contributed by atoms with E-state index in [4.69, 9.17) is 0 Å². The van der Waals surface area contributed by atoms with Crippen LogP contribution < -0.4 is 0 Å². The molecule has 3 nitrogen and oxygen atoms in total. The molecule has 0 aromatic carbocycles. The number of nitrogens with zero attached hydrogens (tertiary/aromatic N) is 3. The summed E-state index contributed by atoms with van der Waals surface area (Å²) in [4.78, 5) is 0. The molecule has 1 aliphatic rings. The quantitative estimate of drug-likeness (QED) is 0.776. The molecule has 0 atom stereocenters. The summed E-state index contributed by atoms with van der Waals surface area (Å²) in [5.74, 6) is 0. The first-order valence-electron chi connectivity index (χ1n) is 7.06. The fourth-order valence-corrected chi connectivity index (χ4v) is 16.4. The first kappa shape index (κ1) is 17.3. The second-order valence-electron chi connectivity index (χ2n) is 6.33. The summed E-state index contributed by atoms with van der Waals surface area (Å²) in [6, 6.07) is 0. The molecule has 0 fully saturated rings. The Bertz CT molecular complexity index is 384. The van der Waals surface area contributed by atoms with Crippen LogP contribution in [0.2, 0.25) is 0 Å². The van der Waals surface area contributed by atoms with E-state index in [1.807, 2.05) is 0 Å². The zero-order valence-electron chi connectivity index (χ0n) is 14.3. The van der Waals surface area contributed by atoms with Crippen LogP contribution in [0, 0.1) is 0 Å². The molecule has 0 unspecified atom stereocenters. The summed E-state index contributed by atoms with van der Waals surface area (Å²) < 4.78 is 9.32. The average Bonchev–Trinajstić information content (AvgIpc) is 2.28. The van der Waals surface area contributed by atoms with Crippen molar-refractivity contribution in [1.29, 1.82) is 0 Å². The number of rotatable bonds is 4. The standard InChI is InChI=1S/C9H13.3C2H6N.Zr/c1-7-5-4-6-8(2)9(7)3;3*1-3-2;/h4-5H2,1-3H3;3*1-2H3;/q;3*-1;+3. The normalized spacial score (nSPS) is 18.3. The summed E-state index contributed by atoms with van der Waals surface area (Å²) in [5.41, 5.74) is 4.64. The van der Waals surface area contributed by atoms with Gasteiger partial charge in [0, 0.05) is 0 Å². The molecule has 110 valence electrons. The summed E-state index contributed by atoms with van der Waals surface area (Å²) >= 11 is -2.82. The Balaban J connectivity index is 3.51. The molecule has 0 spiro atoms. The van der Waals surface area contributed by atoms with Crippen LogP contribution in [0.5, 0.6) is 0 Å². The Hall–Kier alpha value is 0.243. The van der Waals surface area contributed by atoms with Gasteiger partial charge in [-0.05, 0) is 0 Å². The van der Waals surface area contributed by atoms with Crippen LogP contribution in [0.15, 0.2) is 20.0 Å². The van der Waals surface area contributed by atoms with Gasteiger partial charge in [0.1, 0.15) is 0 Å². The van der Waals surface area contributed by atoms with Crippen molar-refractivity contribution < 1.29 is 21.1 Å². The first-order valence-corrected chi connectivity index (χ1v) is 11.6. The predicted octanol–water partition coefficient (Wildman–Crippen LogP) is 2.97. The van der Waals surface area contributed by atoms with E-state index in [-0.39, 0.29) is 0 Å². The van der Waals surface area contributed by atoms with Crippen molar-refractivity contribution in [2.75, 3.05) is 42.3 Å². The van der Waals surface area contributed by atoms with Gasteiger partial charge in [0.2, 0.25) is 0 Å². The molecule has 0 aromatic heterocycles. The van der Waals surface area contributed by atoms with Crippen LogP contribution >= 0.6 is 0 Å². The van der Waals surface area contributed by atoms with Crippen molar-refractivity contribution in [2.24, 2.45) is 0 Å². The molecule has 0 heterocycles. The Labute approximate surface area is 125 Å². The fourth-order valence-electron chi connectivity index (χ4n) is 3.66. The third-order valence-electron chi connectivity index (χ3n) is 4.68. The number of hydrogen-bond donors (Lipinski definition) is 0. The Kier molecular flexibility index (Phi) is 5.77. The van der Waals surface area contributed by atoms with Gasteiger partial charge in [-0.2, -0.15) is 0 Å². The molecule has 0 radical (unpaired) electrons. The van der Waals surface area contributed by atoms with E-state index in [0.29, 0.717) is 0 Å². The zero-order valence-corrected chi connectivity index (χ0v) is 16.7. The van der Waals surface area contributed by atoms with Crippen molar-refractivity contribution in [3.8, 4) is 0 Å². The Morgan fingerprint density at radius 2 is 1.11 bits per heavy atom. The van der Waals surface area contributed by atoms with Crippen molar-refractivity contribution in [3.63, 3.8) is 0 Å². The summed E-state index contributed by atoms with van der Waals surface area (Å²) in [5, 5.41) is 0. The fraction of sp³-hybridized carbons (Fsp3) is 0.733. The van der Waals surface area contributed by atoms with E-state index >= 15 is 0 Å². The summed E-state index contributed by atoms with van der Waals surface area (Å²) in [6.07, 6.45) is 2.46. The topological polar surface area (TPSA) is 9.72 Å². The predicted molar refractivity (Wildman–Crippen MR) is 81.4 cm³/mol. The third kappa shape index (κ3) is 2.83. The number of allylic oxidation sites excluding steroid dienone is 4. The van der Waals surface area contributed by atoms with Crippen molar-refractivity contribution in [2.45, 2.75) is 33.6 Å². The maximum atomic E-state index is 2.53. The van der Waals surface area contributed by atoms with Gasteiger partial charge in [-0.1, -0.05) is 0 Å². The van der Waals surface area contributed by atoms with Crippen LogP contribution in [-0.2, 0) is 21.1 Å². The molecule has 4 heteroatoms. The Morgan fingerprint density at radius 3 is 1.47 bits per heavy atom. The molecular formula is C15H31N3Zr. The first-order chi connectivity index (χ1) is 8.67. The van der Waals surface area contributed by atoms with Gasteiger partial charge in [0.25, 0.3) is 0 Å². The van der Waals surface area contributed by atoms with Gasteiger partial charge in [-0.3, -0.25) is 0 Å². The van der Waals surface area contributed by atoms with Gasteiger partial charge < -0.3 is 0 Å². The van der Waals surface area contributed by atoms with Crippen molar-refractivity contribution in [3.05, 3.63) is 20.0 Å². The average molecular weight is 345 g/mol. The second-order valence-corrected chi connectivity index (χ2v) is 17.5. The SMILES string of the molecule is CC1=C(C)C(C)=[C]([Zr]([N](C)C)([N](C)C)[N](C)C)CC1. The van der Waals surface area contributed by atoms with Gasteiger partial charge >= 0.3 is 126 Å². The van der Waals surface area contributed by atoms with Crippen LogP contribution in [0.3, 0.4) is 0 Å². The number of hydrogen-bond acceptors (Lipinski definition) is 3. The molecule has 0 N–H and O–H groups in total. The zero-order chi connectivity index (χ0) is 15.0. The molecule has 0 bridgehead atoms. The van der Waals surface area contributed by atoms with E-state index in [1.54, 1.807) is 14.4 Å². The van der Waals surface area contributed by atoms with E-state index < -0.39 is 21.1 Å². The third-order valence-corrected chi connectivity index (χ3v) is 17.4. The van der Waals surface area contributed by atoms with Crippen LogP contribution in [-0.4, -0.2) is 50.8 Å². The van der Waals surface area contributed by atoms with E-state index in [9.17, 15) is 0 Å². The molecule has 0 aliphatic heterocycles. The van der Waals surface area contributed by atoms with Crippen LogP contribution in [0.4, 0.5) is 0 Å². The van der Waals surface area contributed by atoms with Crippen molar-refractivity contribution in [1.82, 2.24) is 8.53 Å². The van der Waals surface area contributed by atoms with Gasteiger partial charge in [-0.25, -0.2) is 0 Å². The minimum atomic E-state index is -2.82. The Morgan fingerprint density at radius 1 is 0.684 bits per heavy atom. The molecule has 1 rings (SSSR count). The van der Waals surface area contributed by atoms with Gasteiger partial charge in [0.15, 0.2) is 0 Å². The van der Waals surface area contributed by atoms with Crippen molar-refractivity contribution >= 4 is 0 Å². The molecule has 0 amide bonds. The molecule has 0 saturated carbocycles. The van der Waals surface area contributed by atoms with Crippen LogP contribution in [0.25, 0.3) is 0 Å². The van der Waals surface area contributed by atoms with Crippen LogP contribution in [0.1, 0.15) is 33.6 Å². The monoisotopic (exact) mass is 343 g/mol. The summed E-state index contributed by atoms with van der Waals surface area (Å²) in [6.45, 7) is 6.91. The maximum absolute atomic E-state index is 2.82. The second kappa shape index (κ2) is 6.34.